The number of ether oxygens (including phenoxy) is 1. The van der Waals surface area contributed by atoms with E-state index in [4.69, 9.17) is 4.74 Å². The largest absolute Gasteiger partial charge is 0.375 e. The van der Waals surface area contributed by atoms with Crippen LogP contribution < -0.4 is 21.2 Å². The predicted octanol–water partition coefficient (Wildman–Crippen LogP) is 6.44. The number of rotatable bonds is 9. The molecular formula is C31H34OP2. The van der Waals surface area contributed by atoms with E-state index < -0.39 is 15.8 Å². The lowest BCUT2D eigenvalue weighted by molar-refractivity contribution is -0.000475. The maximum atomic E-state index is 6.51. The molecule has 0 spiro atoms. The Morgan fingerprint density at radius 2 is 0.912 bits per heavy atom. The molecule has 0 radical (unpaired) electrons. The van der Waals surface area contributed by atoms with Crippen LogP contribution in [0.2, 0.25) is 0 Å². The van der Waals surface area contributed by atoms with Crippen molar-refractivity contribution in [3.05, 3.63) is 121 Å². The van der Waals surface area contributed by atoms with Gasteiger partial charge in [0.15, 0.2) is 0 Å². The summed E-state index contributed by atoms with van der Waals surface area (Å²) in [6.07, 6.45) is 1.09. The van der Waals surface area contributed by atoms with Crippen molar-refractivity contribution in [1.29, 1.82) is 0 Å². The van der Waals surface area contributed by atoms with Crippen LogP contribution in [0.5, 0.6) is 0 Å². The lowest BCUT2D eigenvalue weighted by Crippen LogP contribution is -2.33. The van der Waals surface area contributed by atoms with Gasteiger partial charge in [-0.25, -0.2) is 0 Å². The number of benzene rings is 4. The van der Waals surface area contributed by atoms with Crippen LogP contribution in [0.4, 0.5) is 0 Å². The fraction of sp³-hybridized carbons (Fsp3) is 0.226. The van der Waals surface area contributed by atoms with Gasteiger partial charge in [0.25, 0.3) is 0 Å². The monoisotopic (exact) mass is 484 g/mol. The molecule has 174 valence electrons. The van der Waals surface area contributed by atoms with Crippen molar-refractivity contribution < 1.29 is 4.74 Å². The second-order valence-corrected chi connectivity index (χ2v) is 14.2. The Morgan fingerprint density at radius 3 is 1.26 bits per heavy atom. The minimum atomic E-state index is -0.589. The summed E-state index contributed by atoms with van der Waals surface area (Å²) in [6, 6.07) is 44.2. The van der Waals surface area contributed by atoms with Crippen LogP contribution in [0, 0.1) is 0 Å². The molecule has 1 atom stereocenters. The second-order valence-electron chi connectivity index (χ2n) is 9.40. The summed E-state index contributed by atoms with van der Waals surface area (Å²) in [6.45, 7) is 7.23. The van der Waals surface area contributed by atoms with Gasteiger partial charge in [-0.1, -0.05) is 121 Å². The molecule has 4 aromatic rings. The molecular weight excluding hydrogens is 450 g/mol. The van der Waals surface area contributed by atoms with E-state index in [-0.39, 0.29) is 5.60 Å². The summed E-state index contributed by atoms with van der Waals surface area (Å²) in [7, 11) is -1.10. The van der Waals surface area contributed by atoms with Crippen molar-refractivity contribution in [1.82, 2.24) is 0 Å². The SMILES string of the molecule is CC(C)(C)OC[C@H](CP(c1ccccc1)c1ccccc1)P(c1ccccc1)c1ccccc1. The van der Waals surface area contributed by atoms with Crippen molar-refractivity contribution in [2.75, 3.05) is 12.8 Å². The average Bonchev–Trinajstić information content (AvgIpc) is 2.87. The molecule has 3 heteroatoms. The molecule has 0 aliphatic heterocycles. The first kappa shape index (κ1) is 24.8. The first-order chi connectivity index (χ1) is 16.5. The summed E-state index contributed by atoms with van der Waals surface area (Å²) < 4.78 is 6.51. The molecule has 0 saturated heterocycles. The van der Waals surface area contributed by atoms with E-state index in [1.807, 2.05) is 0 Å². The van der Waals surface area contributed by atoms with Gasteiger partial charge in [-0.05, 0) is 64.0 Å². The maximum Gasteiger partial charge on any atom is 0.0598 e. The quantitative estimate of drug-likeness (QED) is 0.249. The van der Waals surface area contributed by atoms with Gasteiger partial charge in [0, 0.05) is 5.66 Å². The highest BCUT2D eigenvalue weighted by Crippen LogP contribution is 2.47. The smallest absolute Gasteiger partial charge is 0.0598 e. The highest BCUT2D eigenvalue weighted by Gasteiger charge is 2.30. The van der Waals surface area contributed by atoms with Gasteiger partial charge in [0.2, 0.25) is 0 Å². The Kier molecular flexibility index (Phi) is 8.69. The molecule has 0 aliphatic rings. The van der Waals surface area contributed by atoms with Gasteiger partial charge < -0.3 is 4.74 Å². The third-order valence-electron chi connectivity index (χ3n) is 5.67. The van der Waals surface area contributed by atoms with Crippen molar-refractivity contribution in [3.63, 3.8) is 0 Å². The molecule has 0 amide bonds. The van der Waals surface area contributed by atoms with E-state index >= 15 is 0 Å². The van der Waals surface area contributed by atoms with Crippen LogP contribution in [-0.4, -0.2) is 24.0 Å². The van der Waals surface area contributed by atoms with Gasteiger partial charge in [-0.2, -0.15) is 0 Å². The summed E-state index contributed by atoms with van der Waals surface area (Å²) in [4.78, 5) is 0. The highest BCUT2D eigenvalue weighted by atomic mass is 31.1. The second kappa shape index (κ2) is 11.9. The lowest BCUT2D eigenvalue weighted by atomic mass is 10.2. The Bertz CT molecular complexity index is 1030. The zero-order valence-electron chi connectivity index (χ0n) is 20.3. The van der Waals surface area contributed by atoms with Crippen LogP contribution in [0.15, 0.2) is 121 Å². The fourth-order valence-electron chi connectivity index (χ4n) is 4.09. The summed E-state index contributed by atoms with van der Waals surface area (Å²) in [5.41, 5.74) is 0.222. The van der Waals surface area contributed by atoms with E-state index in [2.05, 4.69) is 142 Å². The highest BCUT2D eigenvalue weighted by molar-refractivity contribution is 7.77. The summed E-state index contributed by atoms with van der Waals surface area (Å²) in [5.74, 6) is 0. The molecule has 0 fully saturated rings. The van der Waals surface area contributed by atoms with Crippen LogP contribution in [-0.2, 0) is 4.74 Å². The van der Waals surface area contributed by atoms with Crippen LogP contribution in [0.1, 0.15) is 20.8 Å². The van der Waals surface area contributed by atoms with E-state index in [1.165, 1.54) is 21.2 Å². The van der Waals surface area contributed by atoms with Crippen molar-refractivity contribution >= 4 is 37.1 Å². The molecule has 0 aliphatic carbocycles. The van der Waals surface area contributed by atoms with Gasteiger partial charge in [-0.15, -0.1) is 0 Å². The van der Waals surface area contributed by atoms with Gasteiger partial charge in [-0.3, -0.25) is 0 Å². The molecule has 1 nitrogen and oxygen atoms in total. The van der Waals surface area contributed by atoms with E-state index in [9.17, 15) is 0 Å². The molecule has 34 heavy (non-hydrogen) atoms. The molecule has 4 rings (SSSR count). The Morgan fingerprint density at radius 1 is 0.559 bits per heavy atom. The van der Waals surface area contributed by atoms with Gasteiger partial charge in [0.05, 0.1) is 12.2 Å². The molecule has 0 aromatic heterocycles. The topological polar surface area (TPSA) is 9.23 Å². The molecule has 0 saturated carbocycles. The van der Waals surface area contributed by atoms with E-state index in [1.54, 1.807) is 0 Å². The summed E-state index contributed by atoms with van der Waals surface area (Å²) >= 11 is 0. The molecule has 0 bridgehead atoms. The normalized spacial score (nSPS) is 12.7. The van der Waals surface area contributed by atoms with E-state index in [0.29, 0.717) is 5.66 Å². The Hall–Kier alpha value is -2.30. The molecule has 0 N–H and O–H groups in total. The zero-order chi connectivity index (χ0) is 23.8. The minimum Gasteiger partial charge on any atom is -0.375 e. The zero-order valence-corrected chi connectivity index (χ0v) is 22.1. The first-order valence-corrected chi connectivity index (χ1v) is 14.9. The average molecular weight is 485 g/mol. The number of hydrogen-bond acceptors (Lipinski definition) is 1. The standard InChI is InChI=1S/C31H34OP2/c1-31(2,3)32-24-30(34(28-20-12-6-13-21-28)29-22-14-7-15-23-29)25-33(26-16-8-4-9-17-26)27-18-10-5-11-19-27/h4-23,30H,24-25H2,1-3H3/t30-/m1/s1. The Balaban J connectivity index is 1.78. The fourth-order valence-corrected chi connectivity index (χ4v) is 9.90. The molecule has 4 aromatic carbocycles. The van der Waals surface area contributed by atoms with Crippen molar-refractivity contribution in [3.8, 4) is 0 Å². The van der Waals surface area contributed by atoms with Gasteiger partial charge in [0.1, 0.15) is 0 Å². The minimum absolute atomic E-state index is 0.172. The van der Waals surface area contributed by atoms with E-state index in [0.717, 1.165) is 12.8 Å². The lowest BCUT2D eigenvalue weighted by Gasteiger charge is -2.34. The Labute approximate surface area is 207 Å². The maximum absolute atomic E-state index is 6.51. The molecule has 0 unspecified atom stereocenters. The third kappa shape index (κ3) is 6.86. The van der Waals surface area contributed by atoms with Crippen molar-refractivity contribution in [2.45, 2.75) is 32.0 Å². The first-order valence-electron chi connectivity index (χ1n) is 11.9. The van der Waals surface area contributed by atoms with Crippen LogP contribution >= 0.6 is 15.8 Å². The van der Waals surface area contributed by atoms with Crippen LogP contribution in [0.3, 0.4) is 0 Å². The van der Waals surface area contributed by atoms with Crippen molar-refractivity contribution in [2.24, 2.45) is 0 Å². The summed E-state index contributed by atoms with van der Waals surface area (Å²) in [5, 5.41) is 5.70. The van der Waals surface area contributed by atoms with Gasteiger partial charge >= 0.3 is 0 Å². The molecule has 0 heterocycles. The van der Waals surface area contributed by atoms with Crippen LogP contribution in [0.25, 0.3) is 0 Å². The number of hydrogen-bond donors (Lipinski definition) is 0. The predicted molar refractivity (Wildman–Crippen MR) is 153 cm³/mol. The third-order valence-corrected chi connectivity index (χ3v) is 11.4.